The zero-order valence-electron chi connectivity index (χ0n) is 38.7. The summed E-state index contributed by atoms with van der Waals surface area (Å²) in [5.74, 6) is -9.82. The van der Waals surface area contributed by atoms with E-state index >= 15 is 0 Å². The van der Waals surface area contributed by atoms with Crippen LogP contribution >= 0.6 is 11.6 Å². The van der Waals surface area contributed by atoms with Crippen molar-refractivity contribution in [2.24, 2.45) is 11.8 Å². The number of halogens is 30. The lowest BCUT2D eigenvalue weighted by Gasteiger charge is -2.37. The Kier molecular flexibility index (Phi) is 29.3. The summed E-state index contributed by atoms with van der Waals surface area (Å²) in [6.45, 7) is -0.0667. The van der Waals surface area contributed by atoms with Gasteiger partial charge in [-0.1, -0.05) is 0 Å². The Morgan fingerprint density at radius 2 is 0.622 bits per heavy atom. The Morgan fingerprint density at radius 1 is 0.419 bits per heavy atom. The molecule has 40 heteroatoms. The van der Waals surface area contributed by atoms with Gasteiger partial charge in [0.15, 0.2) is 0 Å². The van der Waals surface area contributed by atoms with Crippen LogP contribution < -0.4 is 21.9 Å². The topological polar surface area (TPSA) is 95.6 Å². The highest BCUT2D eigenvalue weighted by molar-refractivity contribution is 7.89. The molecule has 0 bridgehead atoms. The molecular weight excluding hydrogens is 1200 g/mol. The Labute approximate surface area is 416 Å². The van der Waals surface area contributed by atoms with E-state index in [1.54, 1.807) is 44.9 Å². The monoisotopic (exact) mass is 1240 g/mol. The molecule has 2 N–H and O–H groups in total. The number of rotatable bonds is 24. The number of nitrogens with one attached hydrogen (secondary N) is 2. The number of hydrogen-bond donors (Lipinski definition) is 2. The van der Waals surface area contributed by atoms with E-state index < -0.39 is 154 Å². The number of nitrogens with zero attached hydrogens (tertiary/aromatic N) is 2. The molecule has 0 atom stereocenters. The van der Waals surface area contributed by atoms with Gasteiger partial charge in [-0.05, 0) is 51.7 Å². The second-order valence-corrected chi connectivity index (χ2v) is 21.1. The largest absolute Gasteiger partial charge is 1.00 e. The van der Waals surface area contributed by atoms with E-state index in [1.165, 1.54) is 6.38 Å². The summed E-state index contributed by atoms with van der Waals surface area (Å²) < 4.78 is 417. The van der Waals surface area contributed by atoms with Crippen LogP contribution in [0.5, 0.6) is 0 Å². The first-order chi connectivity index (χ1) is 31.7. The van der Waals surface area contributed by atoms with E-state index in [4.69, 9.17) is 0 Å². The maximum atomic E-state index is 14.1. The lowest BCUT2D eigenvalue weighted by molar-refractivity contribution is -0.870. The minimum absolute atomic E-state index is 0. The Balaban J connectivity index is -0.000000632. The molecule has 0 aliphatic carbocycles. The van der Waals surface area contributed by atoms with Gasteiger partial charge in [0.05, 0.1) is 39.2 Å². The quantitative estimate of drug-likeness (QED) is 0.0437. The van der Waals surface area contributed by atoms with Gasteiger partial charge in [0.25, 0.3) is 22.7 Å². The van der Waals surface area contributed by atoms with Crippen molar-refractivity contribution < 1.29 is 157 Å². The highest BCUT2D eigenvalue weighted by Crippen LogP contribution is 2.57. The smallest absolute Gasteiger partial charge is 0.431 e. The van der Waals surface area contributed by atoms with Gasteiger partial charge in [0, 0.05) is 51.6 Å². The van der Waals surface area contributed by atoms with Gasteiger partial charge < -0.3 is 21.8 Å². The van der Waals surface area contributed by atoms with E-state index in [-0.39, 0.29) is 44.9 Å². The summed E-state index contributed by atoms with van der Waals surface area (Å²) in [7, 11) is -1.08. The molecule has 0 aromatic heterocycles. The Bertz CT molecular complexity index is 1730. The van der Waals surface area contributed by atoms with E-state index in [2.05, 4.69) is 11.6 Å². The fraction of sp³-hybridized carbons (Fsp3) is 1.00. The first-order valence-electron chi connectivity index (χ1n) is 19.8. The van der Waals surface area contributed by atoms with E-state index in [0.717, 1.165) is 0 Å². The molecular formula is C34H50Cl2F28N4O4S2. The van der Waals surface area contributed by atoms with Crippen molar-refractivity contribution >= 4 is 31.6 Å². The third kappa shape index (κ3) is 23.8. The molecule has 0 heterocycles. The molecule has 0 rings (SSSR count). The molecule has 0 radical (unpaired) electrons. The van der Waals surface area contributed by atoms with Crippen molar-refractivity contribution in [3.8, 4) is 0 Å². The fourth-order valence-electron chi connectivity index (χ4n) is 5.90. The third-order valence-electron chi connectivity index (χ3n) is 9.90. The van der Waals surface area contributed by atoms with Crippen LogP contribution in [-0.4, -0.2) is 178 Å². The van der Waals surface area contributed by atoms with E-state index in [0.29, 0.717) is 11.0 Å². The first-order valence-corrected chi connectivity index (χ1v) is 23.8. The van der Waals surface area contributed by atoms with Crippen LogP contribution in [-0.2, 0) is 20.0 Å². The maximum Gasteiger partial charge on any atom is 0.431 e. The predicted octanol–water partition coefficient (Wildman–Crippen LogP) is 8.62. The second-order valence-electron chi connectivity index (χ2n) is 17.3. The number of hydrogen-bond acceptors (Lipinski definition) is 5. The Morgan fingerprint density at radius 3 is 0.797 bits per heavy atom. The predicted molar refractivity (Wildman–Crippen MR) is 205 cm³/mol. The summed E-state index contributed by atoms with van der Waals surface area (Å²) in [6, 6.07) is 0. The molecule has 74 heavy (non-hydrogen) atoms. The molecule has 0 saturated carbocycles. The first kappa shape index (κ1) is 78.9. The van der Waals surface area contributed by atoms with Gasteiger partial charge in [0.1, 0.15) is 0 Å². The molecule has 452 valence electrons. The minimum Gasteiger partial charge on any atom is -1.00 e. The van der Waals surface area contributed by atoms with Crippen molar-refractivity contribution in [2.75, 3.05) is 79.3 Å². The summed E-state index contributed by atoms with van der Waals surface area (Å²) in [5.41, 5.74) is -25.4. The van der Waals surface area contributed by atoms with Crippen LogP contribution in [0.2, 0.25) is 0 Å². The highest BCUT2D eigenvalue weighted by atomic mass is 35.5. The molecule has 0 aromatic carbocycles. The summed E-state index contributed by atoms with van der Waals surface area (Å²) in [5, 5.41) is 0. The average Bonchev–Trinajstić information content (AvgIpc) is 3.13. The van der Waals surface area contributed by atoms with Crippen LogP contribution in [0.1, 0.15) is 51.4 Å². The maximum absolute atomic E-state index is 14.1. The van der Waals surface area contributed by atoms with Crippen molar-refractivity contribution in [2.45, 2.75) is 123 Å². The molecule has 0 saturated heterocycles. The van der Waals surface area contributed by atoms with Crippen molar-refractivity contribution in [1.29, 1.82) is 0 Å². The lowest BCUT2D eigenvalue weighted by atomic mass is 9.81. The molecule has 0 aliphatic rings. The van der Waals surface area contributed by atoms with Crippen LogP contribution in [0.3, 0.4) is 0 Å². The van der Waals surface area contributed by atoms with Gasteiger partial charge in [-0.25, -0.2) is 43.8 Å². The number of alkyl halides is 29. The van der Waals surface area contributed by atoms with Crippen LogP contribution in [0.4, 0.5) is 123 Å². The Hall–Kier alpha value is -1.64. The zero-order valence-corrected chi connectivity index (χ0v) is 41.9. The molecule has 0 fully saturated rings. The molecule has 0 unspecified atom stereocenters. The summed E-state index contributed by atoms with van der Waals surface area (Å²) in [6.07, 6.45) is -69.3. The standard InChI is InChI=1S/C17H25F14N2O2S.C16H22F14N2O2S.CH3Cl.ClH/c1-33(2,3)7-4-6-32-36(34,35)8-5-11(9-12(18,14(20,21)22)15(23,24)25)10-13(19,16(26,27)28)17(29,30)31;1-32(2)6-3-5-31-35(33,34)7-4-10(8-11(17,13(19,20)21)14(22,23)24)9-12(18,15(25,26)27)16(28,29)30;1-2;/h11,32H,4-10H2,1-3H3;10,31H,3-9H2,1-2H3;1H3;1H/q+1;;;/p-1. The number of quaternary nitrogens is 1. The second kappa shape index (κ2) is 27.5. The van der Waals surface area contributed by atoms with Crippen LogP contribution in [0.25, 0.3) is 0 Å². The van der Waals surface area contributed by atoms with Gasteiger partial charge in [-0.3, -0.25) is 0 Å². The van der Waals surface area contributed by atoms with Crippen LogP contribution in [0.15, 0.2) is 0 Å². The van der Waals surface area contributed by atoms with Gasteiger partial charge in [-0.15, -0.1) is 11.6 Å². The van der Waals surface area contributed by atoms with Crippen LogP contribution in [0, 0.1) is 11.8 Å². The average molecular weight is 1250 g/mol. The van der Waals surface area contributed by atoms with Crippen molar-refractivity contribution in [3.63, 3.8) is 0 Å². The van der Waals surface area contributed by atoms with Gasteiger partial charge in [0.2, 0.25) is 20.0 Å². The van der Waals surface area contributed by atoms with Gasteiger partial charge in [-0.2, -0.15) is 105 Å². The minimum atomic E-state index is -6.87. The number of sulfonamides is 2. The molecule has 0 aromatic rings. The zero-order chi connectivity index (χ0) is 59.5. The van der Waals surface area contributed by atoms with Crippen molar-refractivity contribution in [1.82, 2.24) is 14.3 Å². The summed E-state index contributed by atoms with van der Waals surface area (Å²) in [4.78, 5) is 1.58. The molecule has 0 amide bonds. The molecule has 8 nitrogen and oxygen atoms in total. The highest BCUT2D eigenvalue weighted by Gasteiger charge is 2.77. The normalized spacial score (nSPS) is 14.9. The third-order valence-corrected chi connectivity index (χ3v) is 12.7. The summed E-state index contributed by atoms with van der Waals surface area (Å²) >= 11 is 4.64. The molecule has 0 aliphatic heterocycles. The van der Waals surface area contributed by atoms with Gasteiger partial charge >= 0.3 is 49.4 Å². The van der Waals surface area contributed by atoms with E-state index in [9.17, 15) is 140 Å². The molecule has 0 spiro atoms. The fourth-order valence-corrected chi connectivity index (χ4v) is 8.39. The lowest BCUT2D eigenvalue weighted by Crippen LogP contribution is -3.00. The van der Waals surface area contributed by atoms with E-state index in [1.807, 2.05) is 4.72 Å². The SMILES string of the molecule is CCl.CN(C)CCCNS(=O)(=O)CCC(CC(F)(C(F)(F)F)C(F)(F)F)CC(F)(C(F)(F)F)C(F)(F)F.C[N+](C)(C)CCCNS(=O)(=O)CCC(CC(F)(C(F)(F)F)C(F)(F)F)CC(F)(C(F)(F)F)C(F)(F)F.[Cl-]. The van der Waals surface area contributed by atoms with Crippen molar-refractivity contribution in [3.05, 3.63) is 0 Å².